The molecule has 128 valence electrons. The van der Waals surface area contributed by atoms with Crippen molar-refractivity contribution >= 4 is 23.2 Å². The Hall–Kier alpha value is -2.14. The Balaban J connectivity index is 1.86. The number of ether oxygens (including phenoxy) is 1. The van der Waals surface area contributed by atoms with Gasteiger partial charge in [-0.1, -0.05) is 37.3 Å². The zero-order valence-corrected chi connectivity index (χ0v) is 15.1. The van der Waals surface area contributed by atoms with E-state index in [1.165, 1.54) is 16.9 Å². The highest BCUT2D eigenvalue weighted by atomic mass is 32.1. The van der Waals surface area contributed by atoms with Gasteiger partial charge < -0.3 is 10.1 Å². The Bertz CT molecular complexity index is 681. The maximum atomic E-state index is 12.2. The summed E-state index contributed by atoms with van der Waals surface area (Å²) in [6.07, 6.45) is 0.112. The molecule has 0 unspecified atom stereocenters. The minimum atomic E-state index is -0.812. The predicted molar refractivity (Wildman–Crippen MR) is 96.4 cm³/mol. The molecule has 1 aromatic heterocycles. The van der Waals surface area contributed by atoms with E-state index in [0.29, 0.717) is 11.4 Å². The molecule has 1 N–H and O–H groups in total. The van der Waals surface area contributed by atoms with E-state index >= 15 is 0 Å². The van der Waals surface area contributed by atoms with Crippen LogP contribution in [0.4, 0.5) is 0 Å². The fourth-order valence-electron chi connectivity index (χ4n) is 2.41. The van der Waals surface area contributed by atoms with Crippen LogP contribution in [0.3, 0.4) is 0 Å². The first-order chi connectivity index (χ1) is 11.5. The second-order valence-electron chi connectivity index (χ2n) is 5.72. The molecule has 0 spiro atoms. The van der Waals surface area contributed by atoms with Gasteiger partial charge in [-0.3, -0.25) is 4.79 Å². The van der Waals surface area contributed by atoms with Crippen LogP contribution in [0.5, 0.6) is 0 Å². The number of thiophene rings is 1. The van der Waals surface area contributed by atoms with E-state index in [1.807, 2.05) is 31.2 Å². The highest BCUT2D eigenvalue weighted by Crippen LogP contribution is 2.19. The zero-order chi connectivity index (χ0) is 17.5. The van der Waals surface area contributed by atoms with Gasteiger partial charge in [0.2, 0.25) is 0 Å². The van der Waals surface area contributed by atoms with Gasteiger partial charge in [-0.25, -0.2) is 4.79 Å². The SMILES string of the molecule is CC[C@H](CNC(=O)[C@H](C)OC(=O)c1ccc(C)s1)c1ccccc1. The van der Waals surface area contributed by atoms with Crippen LogP contribution in [-0.2, 0) is 9.53 Å². The van der Waals surface area contributed by atoms with Crippen molar-refractivity contribution in [1.82, 2.24) is 5.32 Å². The summed E-state index contributed by atoms with van der Waals surface area (Å²) in [7, 11) is 0. The number of aryl methyl sites for hydroxylation is 1. The van der Waals surface area contributed by atoms with Gasteiger partial charge in [-0.15, -0.1) is 11.3 Å². The number of carbonyl (C=O) groups excluding carboxylic acids is 2. The second-order valence-corrected chi connectivity index (χ2v) is 7.01. The molecular formula is C19H23NO3S. The largest absolute Gasteiger partial charge is 0.448 e. The minimum absolute atomic E-state index is 0.248. The number of hydrogen-bond acceptors (Lipinski definition) is 4. The fraction of sp³-hybridized carbons (Fsp3) is 0.368. The summed E-state index contributed by atoms with van der Waals surface area (Å²) in [5.74, 6) is -0.477. The fourth-order valence-corrected chi connectivity index (χ4v) is 3.16. The molecule has 0 radical (unpaired) electrons. The highest BCUT2D eigenvalue weighted by molar-refractivity contribution is 7.13. The Morgan fingerprint density at radius 3 is 2.46 bits per heavy atom. The molecule has 0 saturated carbocycles. The molecule has 0 aliphatic carbocycles. The van der Waals surface area contributed by atoms with Crippen molar-refractivity contribution in [2.45, 2.75) is 39.2 Å². The smallest absolute Gasteiger partial charge is 0.349 e. The Labute approximate surface area is 146 Å². The van der Waals surface area contributed by atoms with Crippen molar-refractivity contribution in [3.8, 4) is 0 Å². The molecule has 0 saturated heterocycles. The maximum Gasteiger partial charge on any atom is 0.349 e. The molecule has 4 nitrogen and oxygen atoms in total. The molecule has 24 heavy (non-hydrogen) atoms. The molecule has 2 aromatic rings. The topological polar surface area (TPSA) is 55.4 Å². The first-order valence-electron chi connectivity index (χ1n) is 8.11. The number of nitrogens with one attached hydrogen (secondary N) is 1. The Morgan fingerprint density at radius 2 is 1.88 bits per heavy atom. The summed E-state index contributed by atoms with van der Waals surface area (Å²) in [6, 6.07) is 13.7. The number of carbonyl (C=O) groups is 2. The van der Waals surface area contributed by atoms with E-state index in [2.05, 4.69) is 24.4 Å². The van der Waals surface area contributed by atoms with Crippen LogP contribution in [0.15, 0.2) is 42.5 Å². The van der Waals surface area contributed by atoms with Crippen molar-refractivity contribution < 1.29 is 14.3 Å². The average Bonchev–Trinajstić information content (AvgIpc) is 3.02. The van der Waals surface area contributed by atoms with Gasteiger partial charge in [0.05, 0.1) is 0 Å². The monoisotopic (exact) mass is 345 g/mol. The first-order valence-corrected chi connectivity index (χ1v) is 8.93. The van der Waals surface area contributed by atoms with E-state index < -0.39 is 12.1 Å². The van der Waals surface area contributed by atoms with Crippen LogP contribution in [0.25, 0.3) is 0 Å². The number of rotatable bonds is 7. The third-order valence-electron chi connectivity index (χ3n) is 3.88. The van der Waals surface area contributed by atoms with Crippen LogP contribution in [-0.4, -0.2) is 24.5 Å². The summed E-state index contributed by atoms with van der Waals surface area (Å²) in [6.45, 7) is 6.13. The molecule has 1 heterocycles. The van der Waals surface area contributed by atoms with Crippen LogP contribution in [0.1, 0.15) is 46.3 Å². The molecule has 1 amide bonds. The lowest BCUT2D eigenvalue weighted by atomic mass is 9.96. The van der Waals surface area contributed by atoms with Crippen LogP contribution < -0.4 is 5.32 Å². The quantitative estimate of drug-likeness (QED) is 0.774. The number of esters is 1. The molecule has 5 heteroatoms. The Kier molecular flexibility index (Phi) is 6.55. The standard InChI is InChI=1S/C19H23NO3S/c1-4-15(16-8-6-5-7-9-16)12-20-18(21)14(3)23-19(22)17-11-10-13(2)24-17/h5-11,14-15H,4,12H2,1-3H3,(H,20,21)/t14-,15+/m0/s1. The normalized spacial score (nSPS) is 13.1. The molecule has 1 aromatic carbocycles. The van der Waals surface area contributed by atoms with Gasteiger partial charge in [0.1, 0.15) is 4.88 Å². The third kappa shape index (κ3) is 4.93. The summed E-state index contributed by atoms with van der Waals surface area (Å²) in [5.41, 5.74) is 1.19. The average molecular weight is 345 g/mol. The number of benzene rings is 1. The van der Waals surface area contributed by atoms with Gasteiger partial charge in [-0.05, 0) is 38.0 Å². The Morgan fingerprint density at radius 1 is 1.17 bits per heavy atom. The van der Waals surface area contributed by atoms with Crippen LogP contribution in [0.2, 0.25) is 0 Å². The molecule has 0 fully saturated rings. The number of amides is 1. The molecule has 2 atom stereocenters. The van der Waals surface area contributed by atoms with Gasteiger partial charge >= 0.3 is 5.97 Å². The number of hydrogen-bond donors (Lipinski definition) is 1. The van der Waals surface area contributed by atoms with Crippen LogP contribution in [0, 0.1) is 6.92 Å². The van der Waals surface area contributed by atoms with Gasteiger partial charge in [0, 0.05) is 17.3 Å². The van der Waals surface area contributed by atoms with Gasteiger partial charge in [0.15, 0.2) is 6.10 Å². The van der Waals surface area contributed by atoms with Gasteiger partial charge in [-0.2, -0.15) is 0 Å². The first kappa shape index (κ1) is 18.2. The van der Waals surface area contributed by atoms with Crippen molar-refractivity contribution in [3.05, 3.63) is 57.8 Å². The third-order valence-corrected chi connectivity index (χ3v) is 4.86. The van der Waals surface area contributed by atoms with Crippen molar-refractivity contribution in [3.63, 3.8) is 0 Å². The van der Waals surface area contributed by atoms with Crippen molar-refractivity contribution in [2.75, 3.05) is 6.54 Å². The molecule has 2 rings (SSSR count). The van der Waals surface area contributed by atoms with E-state index in [-0.39, 0.29) is 11.8 Å². The minimum Gasteiger partial charge on any atom is -0.448 e. The maximum absolute atomic E-state index is 12.2. The lowest BCUT2D eigenvalue weighted by Gasteiger charge is -2.18. The van der Waals surface area contributed by atoms with E-state index in [9.17, 15) is 9.59 Å². The molecule has 0 bridgehead atoms. The molecule has 0 aliphatic rings. The summed E-state index contributed by atoms with van der Waals surface area (Å²) < 4.78 is 5.24. The zero-order valence-electron chi connectivity index (χ0n) is 14.2. The second kappa shape index (κ2) is 8.64. The van der Waals surface area contributed by atoms with E-state index in [0.717, 1.165) is 11.3 Å². The van der Waals surface area contributed by atoms with E-state index in [1.54, 1.807) is 13.0 Å². The summed E-state index contributed by atoms with van der Waals surface area (Å²) in [5, 5.41) is 2.88. The van der Waals surface area contributed by atoms with Crippen LogP contribution >= 0.6 is 11.3 Å². The van der Waals surface area contributed by atoms with E-state index in [4.69, 9.17) is 4.74 Å². The van der Waals surface area contributed by atoms with Crippen molar-refractivity contribution in [2.24, 2.45) is 0 Å². The molecule has 0 aliphatic heterocycles. The highest BCUT2D eigenvalue weighted by Gasteiger charge is 2.20. The lowest BCUT2D eigenvalue weighted by Crippen LogP contribution is -2.37. The predicted octanol–water partition coefficient (Wildman–Crippen LogP) is 3.91. The van der Waals surface area contributed by atoms with Crippen molar-refractivity contribution in [1.29, 1.82) is 0 Å². The summed E-state index contributed by atoms with van der Waals surface area (Å²) >= 11 is 1.36. The summed E-state index contributed by atoms with van der Waals surface area (Å²) in [4.78, 5) is 25.7. The van der Waals surface area contributed by atoms with Gasteiger partial charge in [0.25, 0.3) is 5.91 Å². The molecular weight excluding hydrogens is 322 g/mol. The lowest BCUT2D eigenvalue weighted by molar-refractivity contribution is -0.129.